The van der Waals surface area contributed by atoms with E-state index in [0.717, 1.165) is 0 Å². The van der Waals surface area contributed by atoms with E-state index in [1.54, 1.807) is 13.8 Å². The number of aliphatic hydroxyl groups excluding tert-OH is 1. The van der Waals surface area contributed by atoms with Gasteiger partial charge in [-0.15, -0.1) is 0 Å². The van der Waals surface area contributed by atoms with E-state index in [1.807, 2.05) is 0 Å². The van der Waals surface area contributed by atoms with Crippen molar-refractivity contribution in [1.29, 1.82) is 0 Å². The van der Waals surface area contributed by atoms with E-state index in [-0.39, 0.29) is 12.5 Å². The predicted molar refractivity (Wildman–Crippen MR) is 80.1 cm³/mol. The van der Waals surface area contributed by atoms with Gasteiger partial charge in [0, 0.05) is 0 Å². The molecule has 0 heterocycles. The Bertz CT molecular complexity index is 452. The molecule has 132 valence electrons. The molecule has 23 heavy (non-hydrogen) atoms. The number of carboxylic acids is 1. The zero-order valence-electron chi connectivity index (χ0n) is 13.3. The molecule has 0 radical (unpaired) electrons. The molecular formula is C13H24N4O6. The monoisotopic (exact) mass is 332 g/mol. The van der Waals surface area contributed by atoms with Crippen molar-refractivity contribution in [2.45, 2.75) is 39.0 Å². The van der Waals surface area contributed by atoms with E-state index in [9.17, 15) is 24.3 Å². The highest BCUT2D eigenvalue weighted by Gasteiger charge is 2.30. The van der Waals surface area contributed by atoms with Gasteiger partial charge in [0.25, 0.3) is 0 Å². The molecule has 0 saturated carbocycles. The number of aliphatic hydroxyl groups is 1. The van der Waals surface area contributed by atoms with Crippen LogP contribution in [0.25, 0.3) is 0 Å². The first kappa shape index (κ1) is 20.8. The zero-order valence-corrected chi connectivity index (χ0v) is 13.3. The minimum absolute atomic E-state index is 0.289. The molecule has 0 aromatic rings. The molecule has 0 aromatic heterocycles. The molecule has 0 fully saturated rings. The summed E-state index contributed by atoms with van der Waals surface area (Å²) < 4.78 is 0. The molecule has 3 amide bonds. The molecule has 10 heteroatoms. The van der Waals surface area contributed by atoms with Crippen LogP contribution in [0.4, 0.5) is 0 Å². The van der Waals surface area contributed by atoms with Gasteiger partial charge in [0.1, 0.15) is 12.1 Å². The third-order valence-electron chi connectivity index (χ3n) is 2.94. The number of nitrogens with two attached hydrogens (primary N) is 1. The Morgan fingerprint density at radius 1 is 1.00 bits per heavy atom. The largest absolute Gasteiger partial charge is 0.480 e. The zero-order chi connectivity index (χ0) is 18.2. The predicted octanol–water partition coefficient (Wildman–Crippen LogP) is -2.85. The number of amides is 3. The number of hydrogen-bond donors (Lipinski definition) is 6. The van der Waals surface area contributed by atoms with Gasteiger partial charge in [0.15, 0.2) is 0 Å². The summed E-state index contributed by atoms with van der Waals surface area (Å²) in [5, 5.41) is 25.4. The second-order valence-electron chi connectivity index (χ2n) is 5.34. The Kier molecular flexibility index (Phi) is 8.81. The molecular weight excluding hydrogens is 308 g/mol. The average Bonchev–Trinajstić information content (AvgIpc) is 2.46. The summed E-state index contributed by atoms with van der Waals surface area (Å²) in [6.45, 7) is 3.78. The molecule has 7 N–H and O–H groups in total. The van der Waals surface area contributed by atoms with Gasteiger partial charge >= 0.3 is 5.97 Å². The molecule has 0 bridgehead atoms. The lowest BCUT2D eigenvalue weighted by molar-refractivity contribution is -0.144. The summed E-state index contributed by atoms with van der Waals surface area (Å²) in [5.41, 5.74) is 5.06. The van der Waals surface area contributed by atoms with Crippen LogP contribution in [0.15, 0.2) is 0 Å². The third kappa shape index (κ3) is 7.56. The van der Waals surface area contributed by atoms with Gasteiger partial charge in [0.2, 0.25) is 17.7 Å². The van der Waals surface area contributed by atoms with Crippen LogP contribution in [0.3, 0.4) is 0 Å². The van der Waals surface area contributed by atoms with Crippen LogP contribution in [-0.2, 0) is 19.2 Å². The highest BCUT2D eigenvalue weighted by molar-refractivity contribution is 5.92. The average molecular weight is 332 g/mol. The number of aliphatic carboxylic acids is 1. The summed E-state index contributed by atoms with van der Waals surface area (Å²) in [5.74, 6) is -3.71. The number of carbonyl (C=O) groups excluding carboxylic acids is 3. The molecule has 3 atom stereocenters. The maximum absolute atomic E-state index is 12.1. The lowest BCUT2D eigenvalue weighted by atomic mass is 10.0. The van der Waals surface area contributed by atoms with Crippen molar-refractivity contribution in [3.8, 4) is 0 Å². The van der Waals surface area contributed by atoms with Crippen molar-refractivity contribution in [1.82, 2.24) is 16.0 Å². The molecule has 10 nitrogen and oxygen atoms in total. The molecule has 0 saturated heterocycles. The van der Waals surface area contributed by atoms with Crippen LogP contribution in [0, 0.1) is 5.92 Å². The van der Waals surface area contributed by atoms with E-state index in [2.05, 4.69) is 16.0 Å². The maximum atomic E-state index is 12.1. The van der Waals surface area contributed by atoms with Crippen LogP contribution < -0.4 is 21.7 Å². The highest BCUT2D eigenvalue weighted by atomic mass is 16.4. The van der Waals surface area contributed by atoms with Crippen LogP contribution in [0.1, 0.15) is 20.8 Å². The normalized spacial score (nSPS) is 14.5. The molecule has 3 unspecified atom stereocenters. The molecule has 0 aliphatic rings. The van der Waals surface area contributed by atoms with Crippen molar-refractivity contribution >= 4 is 23.7 Å². The Balaban J connectivity index is 4.78. The van der Waals surface area contributed by atoms with Crippen molar-refractivity contribution in [2.24, 2.45) is 11.7 Å². The molecule has 0 aliphatic carbocycles. The summed E-state index contributed by atoms with van der Waals surface area (Å²) in [4.78, 5) is 45.8. The van der Waals surface area contributed by atoms with E-state index in [1.165, 1.54) is 6.92 Å². The van der Waals surface area contributed by atoms with E-state index >= 15 is 0 Å². The number of hydrogen-bond acceptors (Lipinski definition) is 6. The van der Waals surface area contributed by atoms with Crippen molar-refractivity contribution in [2.75, 3.05) is 13.1 Å². The smallest absolute Gasteiger partial charge is 0.326 e. The van der Waals surface area contributed by atoms with Crippen LogP contribution in [-0.4, -0.2) is 65.2 Å². The third-order valence-corrected chi connectivity index (χ3v) is 2.94. The van der Waals surface area contributed by atoms with Crippen molar-refractivity contribution in [3.05, 3.63) is 0 Å². The highest BCUT2D eigenvalue weighted by Crippen LogP contribution is 2.03. The molecule has 0 rings (SSSR count). The Labute approximate surface area is 133 Å². The number of nitrogens with one attached hydrogen (secondary N) is 3. The number of carbonyl (C=O) groups is 4. The van der Waals surface area contributed by atoms with E-state index < -0.39 is 48.4 Å². The van der Waals surface area contributed by atoms with Gasteiger partial charge in [-0.3, -0.25) is 14.4 Å². The topological polar surface area (TPSA) is 171 Å². The quantitative estimate of drug-likeness (QED) is 0.264. The van der Waals surface area contributed by atoms with E-state index in [4.69, 9.17) is 10.8 Å². The first-order valence-electron chi connectivity index (χ1n) is 7.07. The van der Waals surface area contributed by atoms with Gasteiger partial charge in [-0.2, -0.15) is 0 Å². The summed E-state index contributed by atoms with van der Waals surface area (Å²) in [7, 11) is 0. The minimum Gasteiger partial charge on any atom is -0.480 e. The summed E-state index contributed by atoms with van der Waals surface area (Å²) in [6, 6.07) is -2.50. The lowest BCUT2D eigenvalue weighted by Gasteiger charge is -2.24. The number of carboxylic acid groups (broad SMARTS) is 1. The Morgan fingerprint density at radius 3 is 1.96 bits per heavy atom. The Morgan fingerprint density at radius 2 is 1.57 bits per heavy atom. The van der Waals surface area contributed by atoms with Gasteiger partial charge < -0.3 is 31.9 Å². The first-order valence-corrected chi connectivity index (χ1v) is 7.07. The lowest BCUT2D eigenvalue weighted by Crippen LogP contribution is -2.57. The van der Waals surface area contributed by atoms with Crippen molar-refractivity contribution in [3.63, 3.8) is 0 Å². The SMILES string of the molecule is CC(C)C(NC(=O)C(NC(=O)CNC(=O)CN)C(C)O)C(=O)O. The molecule has 0 spiro atoms. The maximum Gasteiger partial charge on any atom is 0.326 e. The Hall–Kier alpha value is -2.20. The molecule has 0 aliphatic heterocycles. The van der Waals surface area contributed by atoms with Crippen LogP contribution in [0.5, 0.6) is 0 Å². The first-order chi connectivity index (χ1) is 10.6. The fourth-order valence-corrected chi connectivity index (χ4v) is 1.64. The number of rotatable bonds is 9. The summed E-state index contributed by atoms with van der Waals surface area (Å²) >= 11 is 0. The minimum atomic E-state index is -1.35. The van der Waals surface area contributed by atoms with Crippen molar-refractivity contribution < 1.29 is 29.4 Å². The van der Waals surface area contributed by atoms with Crippen LogP contribution in [0.2, 0.25) is 0 Å². The van der Waals surface area contributed by atoms with Crippen LogP contribution >= 0.6 is 0 Å². The standard InChI is InChI=1S/C13H24N4O6/c1-6(2)10(13(22)23)17-12(21)11(7(3)18)16-9(20)5-15-8(19)4-14/h6-7,10-11,18H,4-5,14H2,1-3H3,(H,15,19)(H,16,20)(H,17,21)(H,22,23). The van der Waals surface area contributed by atoms with Gasteiger partial charge in [-0.1, -0.05) is 13.8 Å². The fourth-order valence-electron chi connectivity index (χ4n) is 1.64. The van der Waals surface area contributed by atoms with Gasteiger partial charge in [-0.25, -0.2) is 4.79 Å². The van der Waals surface area contributed by atoms with Gasteiger partial charge in [-0.05, 0) is 12.8 Å². The molecule has 0 aromatic carbocycles. The van der Waals surface area contributed by atoms with E-state index in [0.29, 0.717) is 0 Å². The fraction of sp³-hybridized carbons (Fsp3) is 0.692. The van der Waals surface area contributed by atoms with Gasteiger partial charge in [0.05, 0.1) is 19.2 Å². The second-order valence-corrected chi connectivity index (χ2v) is 5.34. The summed E-state index contributed by atoms with van der Waals surface area (Å²) in [6.07, 6.45) is -1.26. The second kappa shape index (κ2) is 9.74.